The van der Waals surface area contributed by atoms with Gasteiger partial charge in [0.1, 0.15) is 5.60 Å². The number of unbranched alkanes of at least 4 members (excludes halogenated alkanes) is 2. The van der Waals surface area contributed by atoms with Crippen LogP contribution < -0.4 is 10.2 Å². The molecule has 0 fully saturated rings. The Kier molecular flexibility index (Phi) is 20.0. The van der Waals surface area contributed by atoms with E-state index >= 15 is 0 Å². The van der Waals surface area contributed by atoms with Gasteiger partial charge in [0.25, 0.3) is 0 Å². The molecule has 0 aliphatic rings. The Morgan fingerprint density at radius 1 is 0.929 bits per heavy atom. The predicted octanol–water partition coefficient (Wildman–Crippen LogP) is 3.24. The summed E-state index contributed by atoms with van der Waals surface area (Å²) >= 11 is -0.0388. The van der Waals surface area contributed by atoms with Crippen LogP contribution in [0.1, 0.15) is 92.4 Å². The molecule has 3 unspecified atom stereocenters. The maximum absolute atomic E-state index is 10.3. The van der Waals surface area contributed by atoms with Crippen molar-refractivity contribution in [1.29, 1.82) is 0 Å². The standard InChI is InChI=1S/2C8H17.C6H10O5.Sn/c2*1-4-6-7-8(3)5-2;1-6(11-2,5(9)10)3-4(7)8;/h2*8H,3-7H2,1-2H3;3H2,1-2H3,(H,7,8)(H,9,10);/q;;;+2/p-2. The van der Waals surface area contributed by atoms with Gasteiger partial charge in [-0.3, -0.25) is 0 Å². The molecular weight excluding hydrogens is 463 g/mol. The minimum absolute atomic E-state index is 0.0388. The number of methoxy groups -OCH3 is 1. The summed E-state index contributed by atoms with van der Waals surface area (Å²) in [7, 11) is 1.10. The van der Waals surface area contributed by atoms with Crippen LogP contribution in [0, 0.1) is 11.8 Å². The van der Waals surface area contributed by atoms with E-state index in [1.54, 1.807) is 8.87 Å². The van der Waals surface area contributed by atoms with Gasteiger partial charge in [0.15, 0.2) is 0 Å². The molecule has 0 spiro atoms. The van der Waals surface area contributed by atoms with Crippen LogP contribution in [0.5, 0.6) is 0 Å². The van der Waals surface area contributed by atoms with Gasteiger partial charge in [-0.15, -0.1) is 0 Å². The number of hydrogen-bond donors (Lipinski definition) is 0. The average molecular weight is 505 g/mol. The van der Waals surface area contributed by atoms with Gasteiger partial charge >= 0.3 is 121 Å². The van der Waals surface area contributed by atoms with Gasteiger partial charge in [0, 0.05) is 19.5 Å². The Hall–Kier alpha value is -0.301. The SMILES string of the molecule is CCCCC(CC)[CH2][Sn+2][CH2]C(CC)CCCC.COC(C)(CC(=O)[O-])C(=O)[O-]. The number of carbonyl (C=O) groups is 2. The fourth-order valence-corrected chi connectivity index (χ4v) is 8.50. The molecule has 0 saturated heterocycles. The summed E-state index contributed by atoms with van der Waals surface area (Å²) < 4.78 is 7.74. The number of rotatable bonds is 16. The van der Waals surface area contributed by atoms with E-state index in [2.05, 4.69) is 32.4 Å². The minimum atomic E-state index is -1.79. The Morgan fingerprint density at radius 3 is 1.57 bits per heavy atom. The summed E-state index contributed by atoms with van der Waals surface area (Å²) in [5.41, 5.74) is -1.79. The van der Waals surface area contributed by atoms with Crippen LogP contribution in [-0.4, -0.2) is 45.8 Å². The largest absolute Gasteiger partial charge is 0.550 e. The molecule has 6 heteroatoms. The molecule has 0 radical (unpaired) electrons. The molecule has 0 rings (SSSR count). The van der Waals surface area contributed by atoms with Crippen LogP contribution in [0.4, 0.5) is 0 Å². The summed E-state index contributed by atoms with van der Waals surface area (Å²) in [5, 5.41) is 20.3. The molecule has 0 aromatic heterocycles. The molecule has 0 saturated carbocycles. The number of carboxylic acid groups (broad SMARTS) is 2. The second kappa shape index (κ2) is 18.7. The van der Waals surface area contributed by atoms with Crippen LogP contribution in [0.15, 0.2) is 0 Å². The van der Waals surface area contributed by atoms with Crippen molar-refractivity contribution in [2.45, 2.75) is 107 Å². The number of ether oxygens (including phenoxy) is 1. The Balaban J connectivity index is 0. The Labute approximate surface area is 183 Å². The summed E-state index contributed by atoms with van der Waals surface area (Å²) in [5.74, 6) is -0.877. The Morgan fingerprint density at radius 2 is 1.36 bits per heavy atom. The smallest absolute Gasteiger partial charge is 0.109 e. The first-order chi connectivity index (χ1) is 13.2. The monoisotopic (exact) mass is 506 g/mol. The van der Waals surface area contributed by atoms with Crippen LogP contribution in [0.3, 0.4) is 0 Å². The van der Waals surface area contributed by atoms with Crippen LogP contribution in [0.25, 0.3) is 0 Å². The second-order valence-electron chi connectivity index (χ2n) is 7.76. The van der Waals surface area contributed by atoms with E-state index in [1.807, 2.05) is 0 Å². The van der Waals surface area contributed by atoms with E-state index in [9.17, 15) is 19.8 Å². The molecule has 0 N–H and O–H groups in total. The average Bonchev–Trinajstić information content (AvgIpc) is 2.66. The van der Waals surface area contributed by atoms with Gasteiger partial charge in [-0.05, 0) is 6.92 Å². The van der Waals surface area contributed by atoms with Crippen molar-refractivity contribution >= 4 is 33.1 Å². The van der Waals surface area contributed by atoms with Gasteiger partial charge in [-0.25, -0.2) is 0 Å². The molecule has 3 atom stereocenters. The van der Waals surface area contributed by atoms with Crippen molar-refractivity contribution < 1.29 is 24.5 Å². The second-order valence-corrected chi connectivity index (χ2v) is 11.5. The topological polar surface area (TPSA) is 89.5 Å². The van der Waals surface area contributed by atoms with E-state index in [4.69, 9.17) is 0 Å². The fourth-order valence-electron chi connectivity index (χ4n) is 2.88. The first-order valence-electron chi connectivity index (χ1n) is 10.9. The zero-order valence-electron chi connectivity index (χ0n) is 19.0. The number of hydrogen-bond acceptors (Lipinski definition) is 5. The summed E-state index contributed by atoms with van der Waals surface area (Å²) in [4.78, 5) is 20.3. The zero-order chi connectivity index (χ0) is 22.0. The molecule has 0 aliphatic heterocycles. The number of carboxylic acids is 2. The van der Waals surface area contributed by atoms with Gasteiger partial charge in [0.05, 0.1) is 5.97 Å². The van der Waals surface area contributed by atoms with Crippen molar-refractivity contribution in [3.8, 4) is 0 Å². The molecule has 5 nitrogen and oxygen atoms in total. The first kappa shape index (κ1) is 29.9. The molecule has 0 aromatic carbocycles. The molecule has 0 aliphatic carbocycles. The zero-order valence-corrected chi connectivity index (χ0v) is 21.8. The quantitative estimate of drug-likeness (QED) is 0.301. The first-order valence-corrected chi connectivity index (χ1v) is 14.9. The van der Waals surface area contributed by atoms with E-state index in [0.717, 1.165) is 25.9 Å². The van der Waals surface area contributed by atoms with Gasteiger partial charge in [-0.1, -0.05) is 0 Å². The maximum Gasteiger partial charge on any atom is 0.109 e. The normalized spacial score (nSPS) is 14.8. The summed E-state index contributed by atoms with van der Waals surface area (Å²) in [6.45, 7) is 10.6. The van der Waals surface area contributed by atoms with Crippen molar-refractivity contribution in [3.05, 3.63) is 0 Å². The molecule has 0 amide bonds. The van der Waals surface area contributed by atoms with E-state index in [1.165, 1.54) is 51.4 Å². The van der Waals surface area contributed by atoms with Gasteiger partial charge < -0.3 is 24.5 Å². The summed E-state index contributed by atoms with van der Waals surface area (Å²) in [6.07, 6.45) is 10.9. The van der Waals surface area contributed by atoms with E-state index < -0.39 is 24.0 Å². The molecule has 164 valence electrons. The number of aliphatic carboxylic acids is 2. The third-order valence-corrected chi connectivity index (χ3v) is 10.3. The van der Waals surface area contributed by atoms with Crippen LogP contribution in [0.2, 0.25) is 8.87 Å². The minimum Gasteiger partial charge on any atom is -0.550 e. The molecule has 0 heterocycles. The molecule has 0 aromatic rings. The van der Waals surface area contributed by atoms with Crippen molar-refractivity contribution in [2.24, 2.45) is 11.8 Å². The maximum atomic E-state index is 10.3. The van der Waals surface area contributed by atoms with Gasteiger partial charge in [-0.2, -0.15) is 0 Å². The third kappa shape index (κ3) is 15.6. The fraction of sp³-hybridized carbons (Fsp3) is 0.909. The third-order valence-electron chi connectivity index (χ3n) is 5.32. The van der Waals surface area contributed by atoms with Crippen LogP contribution >= 0.6 is 0 Å². The molecule has 0 bridgehead atoms. The van der Waals surface area contributed by atoms with Crippen molar-refractivity contribution in [3.63, 3.8) is 0 Å². The Bertz CT molecular complexity index is 386. The van der Waals surface area contributed by atoms with Gasteiger partial charge in [0.2, 0.25) is 0 Å². The molecule has 28 heavy (non-hydrogen) atoms. The van der Waals surface area contributed by atoms with E-state index in [-0.39, 0.29) is 21.1 Å². The van der Waals surface area contributed by atoms with E-state index in [0.29, 0.717) is 0 Å². The number of carbonyl (C=O) groups excluding carboxylic acids is 2. The summed E-state index contributed by atoms with van der Waals surface area (Å²) in [6, 6.07) is 0. The van der Waals surface area contributed by atoms with Crippen molar-refractivity contribution in [1.82, 2.24) is 0 Å². The predicted molar refractivity (Wildman–Crippen MR) is 112 cm³/mol. The van der Waals surface area contributed by atoms with Crippen LogP contribution in [-0.2, 0) is 14.3 Å². The van der Waals surface area contributed by atoms with Crippen molar-refractivity contribution in [2.75, 3.05) is 7.11 Å². The molecular formula is C22H42O5Sn.